The standard InChI is InChI=1S/C10H23NO/c1-4-6-9(3)10(7-8-12)11-5-2/h9-12H,4-8H2,1-3H3. The lowest BCUT2D eigenvalue weighted by molar-refractivity contribution is 0.236. The first kappa shape index (κ1) is 11.9. The maximum atomic E-state index is 8.84. The van der Waals surface area contributed by atoms with Crippen LogP contribution in [0.15, 0.2) is 0 Å². The number of aliphatic hydroxyl groups excluding tert-OH is 1. The Morgan fingerprint density at radius 1 is 1.25 bits per heavy atom. The van der Waals surface area contributed by atoms with E-state index in [0.717, 1.165) is 13.0 Å². The molecule has 0 aromatic heterocycles. The van der Waals surface area contributed by atoms with Crippen molar-refractivity contribution in [1.29, 1.82) is 0 Å². The van der Waals surface area contributed by atoms with E-state index in [1.54, 1.807) is 0 Å². The summed E-state index contributed by atoms with van der Waals surface area (Å²) < 4.78 is 0. The van der Waals surface area contributed by atoms with E-state index in [1.807, 2.05) is 0 Å². The second kappa shape index (κ2) is 7.56. The molecule has 0 saturated carbocycles. The van der Waals surface area contributed by atoms with Gasteiger partial charge in [0, 0.05) is 12.6 Å². The van der Waals surface area contributed by atoms with Crippen molar-refractivity contribution in [2.45, 2.75) is 46.1 Å². The number of aliphatic hydroxyl groups is 1. The maximum Gasteiger partial charge on any atom is 0.0445 e. The Bertz CT molecular complexity index is 89.8. The highest BCUT2D eigenvalue weighted by Gasteiger charge is 2.13. The topological polar surface area (TPSA) is 32.3 Å². The quantitative estimate of drug-likeness (QED) is 0.615. The van der Waals surface area contributed by atoms with E-state index in [-0.39, 0.29) is 0 Å². The van der Waals surface area contributed by atoms with Crippen molar-refractivity contribution in [1.82, 2.24) is 5.32 Å². The molecule has 2 unspecified atom stereocenters. The van der Waals surface area contributed by atoms with Gasteiger partial charge in [0.15, 0.2) is 0 Å². The van der Waals surface area contributed by atoms with E-state index >= 15 is 0 Å². The van der Waals surface area contributed by atoms with Gasteiger partial charge in [-0.05, 0) is 25.3 Å². The van der Waals surface area contributed by atoms with Crippen LogP contribution in [0.4, 0.5) is 0 Å². The molecule has 0 aliphatic rings. The number of rotatable bonds is 7. The summed E-state index contributed by atoms with van der Waals surface area (Å²) in [6.07, 6.45) is 3.36. The smallest absolute Gasteiger partial charge is 0.0445 e. The Morgan fingerprint density at radius 3 is 2.33 bits per heavy atom. The van der Waals surface area contributed by atoms with E-state index < -0.39 is 0 Å². The molecule has 0 aliphatic heterocycles. The first-order valence-electron chi connectivity index (χ1n) is 5.10. The van der Waals surface area contributed by atoms with Crippen molar-refractivity contribution in [2.24, 2.45) is 5.92 Å². The van der Waals surface area contributed by atoms with Crippen molar-refractivity contribution in [3.05, 3.63) is 0 Å². The molecule has 0 radical (unpaired) electrons. The Morgan fingerprint density at radius 2 is 1.92 bits per heavy atom. The summed E-state index contributed by atoms with van der Waals surface area (Å²) in [6.45, 7) is 7.87. The molecular weight excluding hydrogens is 150 g/mol. The van der Waals surface area contributed by atoms with Crippen molar-refractivity contribution in [3.63, 3.8) is 0 Å². The predicted octanol–water partition coefficient (Wildman–Crippen LogP) is 1.78. The minimum absolute atomic E-state index is 0.297. The molecule has 0 aliphatic carbocycles. The van der Waals surface area contributed by atoms with Crippen LogP contribution >= 0.6 is 0 Å². The Hall–Kier alpha value is -0.0800. The summed E-state index contributed by atoms with van der Waals surface area (Å²) in [6, 6.07) is 0.500. The van der Waals surface area contributed by atoms with Gasteiger partial charge in [0.2, 0.25) is 0 Å². The van der Waals surface area contributed by atoms with E-state index in [0.29, 0.717) is 18.6 Å². The van der Waals surface area contributed by atoms with E-state index in [4.69, 9.17) is 5.11 Å². The highest BCUT2D eigenvalue weighted by Crippen LogP contribution is 2.12. The molecule has 2 atom stereocenters. The van der Waals surface area contributed by atoms with Crippen LogP contribution in [-0.2, 0) is 0 Å². The number of hydrogen-bond acceptors (Lipinski definition) is 2. The molecule has 12 heavy (non-hydrogen) atoms. The van der Waals surface area contributed by atoms with E-state index in [1.165, 1.54) is 12.8 Å². The third kappa shape index (κ3) is 4.73. The van der Waals surface area contributed by atoms with Crippen LogP contribution in [0.2, 0.25) is 0 Å². The fourth-order valence-electron chi connectivity index (χ4n) is 1.65. The summed E-state index contributed by atoms with van der Waals surface area (Å²) in [5, 5.41) is 12.2. The highest BCUT2D eigenvalue weighted by molar-refractivity contribution is 4.71. The highest BCUT2D eigenvalue weighted by atomic mass is 16.3. The lowest BCUT2D eigenvalue weighted by Gasteiger charge is -2.23. The Labute approximate surface area is 76.4 Å². The summed E-state index contributed by atoms with van der Waals surface area (Å²) >= 11 is 0. The number of hydrogen-bond donors (Lipinski definition) is 2. The number of nitrogens with one attached hydrogen (secondary N) is 1. The van der Waals surface area contributed by atoms with Gasteiger partial charge in [-0.2, -0.15) is 0 Å². The largest absolute Gasteiger partial charge is 0.396 e. The van der Waals surface area contributed by atoms with E-state index in [2.05, 4.69) is 26.1 Å². The van der Waals surface area contributed by atoms with Crippen LogP contribution in [0, 0.1) is 5.92 Å². The van der Waals surface area contributed by atoms with Crippen molar-refractivity contribution in [2.75, 3.05) is 13.2 Å². The third-order valence-corrected chi connectivity index (χ3v) is 2.34. The van der Waals surface area contributed by atoms with Crippen molar-refractivity contribution >= 4 is 0 Å². The molecule has 0 saturated heterocycles. The predicted molar refractivity (Wildman–Crippen MR) is 53.2 cm³/mol. The summed E-state index contributed by atoms with van der Waals surface area (Å²) in [7, 11) is 0. The third-order valence-electron chi connectivity index (χ3n) is 2.34. The van der Waals surface area contributed by atoms with Crippen molar-refractivity contribution in [3.8, 4) is 0 Å². The fraction of sp³-hybridized carbons (Fsp3) is 1.00. The molecule has 0 amide bonds. The Balaban J connectivity index is 3.72. The minimum Gasteiger partial charge on any atom is -0.396 e. The van der Waals surface area contributed by atoms with Crippen LogP contribution in [-0.4, -0.2) is 24.3 Å². The summed E-state index contributed by atoms with van der Waals surface area (Å²) in [4.78, 5) is 0. The average Bonchev–Trinajstić information content (AvgIpc) is 2.04. The molecule has 0 rings (SSSR count). The molecule has 74 valence electrons. The van der Waals surface area contributed by atoms with Crippen LogP contribution in [0.3, 0.4) is 0 Å². The zero-order valence-electron chi connectivity index (χ0n) is 8.64. The molecule has 0 fully saturated rings. The van der Waals surface area contributed by atoms with Gasteiger partial charge < -0.3 is 10.4 Å². The van der Waals surface area contributed by atoms with Gasteiger partial charge in [0.1, 0.15) is 0 Å². The zero-order chi connectivity index (χ0) is 9.40. The van der Waals surface area contributed by atoms with Gasteiger partial charge in [0.25, 0.3) is 0 Å². The SMILES string of the molecule is CCCC(C)C(CCO)NCC. The summed E-state index contributed by atoms with van der Waals surface area (Å²) in [5.41, 5.74) is 0. The van der Waals surface area contributed by atoms with Crippen LogP contribution in [0.5, 0.6) is 0 Å². The van der Waals surface area contributed by atoms with Crippen LogP contribution in [0.1, 0.15) is 40.0 Å². The molecule has 0 aromatic rings. The average molecular weight is 173 g/mol. The lowest BCUT2D eigenvalue weighted by Crippen LogP contribution is -2.35. The lowest BCUT2D eigenvalue weighted by atomic mass is 9.94. The maximum absolute atomic E-state index is 8.84. The Kier molecular flexibility index (Phi) is 7.51. The second-order valence-electron chi connectivity index (χ2n) is 3.44. The van der Waals surface area contributed by atoms with Gasteiger partial charge in [-0.1, -0.05) is 27.2 Å². The molecule has 2 N–H and O–H groups in total. The molecule has 0 heterocycles. The fourth-order valence-corrected chi connectivity index (χ4v) is 1.65. The molecular formula is C10H23NO. The molecule has 0 spiro atoms. The van der Waals surface area contributed by atoms with Gasteiger partial charge in [-0.3, -0.25) is 0 Å². The molecule has 2 nitrogen and oxygen atoms in total. The van der Waals surface area contributed by atoms with E-state index in [9.17, 15) is 0 Å². The van der Waals surface area contributed by atoms with Gasteiger partial charge in [0.05, 0.1) is 0 Å². The zero-order valence-corrected chi connectivity index (χ0v) is 8.64. The first-order chi connectivity index (χ1) is 5.76. The molecule has 2 heteroatoms. The van der Waals surface area contributed by atoms with Crippen molar-refractivity contribution < 1.29 is 5.11 Å². The summed E-state index contributed by atoms with van der Waals surface area (Å²) in [5.74, 6) is 0.682. The van der Waals surface area contributed by atoms with Crippen LogP contribution in [0.25, 0.3) is 0 Å². The first-order valence-corrected chi connectivity index (χ1v) is 5.10. The molecule has 0 bridgehead atoms. The molecule has 0 aromatic carbocycles. The second-order valence-corrected chi connectivity index (χ2v) is 3.44. The minimum atomic E-state index is 0.297. The van der Waals surface area contributed by atoms with Gasteiger partial charge in [-0.15, -0.1) is 0 Å². The van der Waals surface area contributed by atoms with Gasteiger partial charge in [-0.25, -0.2) is 0 Å². The normalized spacial score (nSPS) is 16.0. The van der Waals surface area contributed by atoms with Gasteiger partial charge >= 0.3 is 0 Å². The van der Waals surface area contributed by atoms with Crippen LogP contribution < -0.4 is 5.32 Å². The monoisotopic (exact) mass is 173 g/mol.